The maximum Gasteiger partial charge on any atom is 0.306 e. The van der Waals surface area contributed by atoms with Gasteiger partial charge >= 0.3 is 11.9 Å². The number of fused-ring (bicyclic) bond motifs is 1. The molecule has 55 heavy (non-hydrogen) atoms. The number of carboxylic acid groups (broad SMARTS) is 1. The first kappa shape index (κ1) is 43.4. The lowest BCUT2D eigenvalue weighted by Gasteiger charge is -2.47. The van der Waals surface area contributed by atoms with Crippen molar-refractivity contribution in [2.75, 3.05) is 19.3 Å². The lowest BCUT2D eigenvalue weighted by molar-refractivity contribution is -0.156. The highest BCUT2D eigenvalue weighted by molar-refractivity contribution is 7.92. The van der Waals surface area contributed by atoms with Crippen molar-refractivity contribution in [1.29, 1.82) is 0 Å². The van der Waals surface area contributed by atoms with Crippen LogP contribution in [0.2, 0.25) is 0 Å². The zero-order valence-corrected chi connectivity index (χ0v) is 33.7. The van der Waals surface area contributed by atoms with Gasteiger partial charge in [-0.05, 0) is 83.4 Å². The van der Waals surface area contributed by atoms with E-state index in [1.807, 2.05) is 56.0 Å². The van der Waals surface area contributed by atoms with Gasteiger partial charge in [-0.15, -0.1) is 0 Å². The van der Waals surface area contributed by atoms with Crippen LogP contribution in [0.1, 0.15) is 95.5 Å². The summed E-state index contributed by atoms with van der Waals surface area (Å²) in [7, 11) is -3.96. The summed E-state index contributed by atoms with van der Waals surface area (Å²) >= 11 is 0. The highest BCUT2D eigenvalue weighted by atomic mass is 32.2. The van der Waals surface area contributed by atoms with Crippen LogP contribution in [0.3, 0.4) is 0 Å². The number of ether oxygens (including phenoxy) is 1. The minimum atomic E-state index is -3.96. The lowest BCUT2D eigenvalue weighted by atomic mass is 9.72. The van der Waals surface area contributed by atoms with Crippen LogP contribution in [0.5, 0.6) is 0 Å². The number of likely N-dealkylation sites (tertiary alicyclic amines) is 1. The summed E-state index contributed by atoms with van der Waals surface area (Å²) in [5, 5.41) is 18.1. The second-order valence-corrected chi connectivity index (χ2v) is 19.2. The minimum absolute atomic E-state index is 0.0263. The van der Waals surface area contributed by atoms with E-state index < -0.39 is 80.9 Å². The Balaban J connectivity index is 1.77. The van der Waals surface area contributed by atoms with Crippen LogP contribution in [0.4, 0.5) is 0 Å². The molecule has 1 saturated carbocycles. The average molecular weight is 783 g/mol. The van der Waals surface area contributed by atoms with Crippen molar-refractivity contribution < 1.29 is 42.2 Å². The van der Waals surface area contributed by atoms with Crippen molar-refractivity contribution in [1.82, 2.24) is 20.9 Å². The summed E-state index contributed by atoms with van der Waals surface area (Å²) in [6.07, 6.45) is 3.90. The van der Waals surface area contributed by atoms with Crippen molar-refractivity contribution in [2.45, 2.75) is 121 Å². The summed E-state index contributed by atoms with van der Waals surface area (Å²) in [6.45, 7) is 9.03. The number of carboxylic acids is 1. The Kier molecular flexibility index (Phi) is 14.7. The molecule has 1 heterocycles. The quantitative estimate of drug-likeness (QED) is 0.182. The Labute approximate surface area is 325 Å². The number of aliphatic carboxylic acids is 1. The molecule has 3 amide bonds. The maximum atomic E-state index is 14.5. The summed E-state index contributed by atoms with van der Waals surface area (Å²) < 4.78 is 30.7. The number of carbonyl (C=O) groups excluding carboxylic acids is 4. The SMILES string of the molecule is CC(C)(C)NC(=O)[C@@H]1C[C@@H]2CCCC[C@@H]2CN1C[C@@H](OC(=O)CCC(=O)O)[C@H](Cc1ccccc1)NC(=O)[C@@H](NC(=O)c1ccccc1)C(C)(C)S(C)(=O)=O. The van der Waals surface area contributed by atoms with E-state index in [0.717, 1.165) is 37.5 Å². The number of nitrogens with zero attached hydrogens (tertiary/aromatic N) is 1. The number of amides is 3. The van der Waals surface area contributed by atoms with Gasteiger partial charge in [0.25, 0.3) is 5.91 Å². The Morgan fingerprint density at radius 3 is 2.05 bits per heavy atom. The van der Waals surface area contributed by atoms with Gasteiger partial charge < -0.3 is 25.8 Å². The summed E-state index contributed by atoms with van der Waals surface area (Å²) in [5.41, 5.74) is 0.477. The first-order valence-electron chi connectivity index (χ1n) is 19.1. The van der Waals surface area contributed by atoms with Crippen LogP contribution in [-0.4, -0.2) is 102 Å². The molecule has 0 unspecified atom stereocenters. The van der Waals surface area contributed by atoms with Gasteiger partial charge in [0.1, 0.15) is 12.1 Å². The van der Waals surface area contributed by atoms with Gasteiger partial charge in [0.2, 0.25) is 11.8 Å². The number of sulfone groups is 1. The molecule has 6 atom stereocenters. The van der Waals surface area contributed by atoms with Gasteiger partial charge in [-0.3, -0.25) is 28.9 Å². The Morgan fingerprint density at radius 1 is 0.873 bits per heavy atom. The fourth-order valence-corrected chi connectivity index (χ4v) is 8.12. The highest BCUT2D eigenvalue weighted by Gasteiger charge is 2.47. The molecule has 0 bridgehead atoms. The number of rotatable bonds is 16. The molecule has 1 aliphatic carbocycles. The van der Waals surface area contributed by atoms with E-state index in [2.05, 4.69) is 16.0 Å². The van der Waals surface area contributed by atoms with Crippen LogP contribution in [-0.2, 0) is 40.2 Å². The van der Waals surface area contributed by atoms with E-state index in [-0.39, 0.29) is 24.4 Å². The fourth-order valence-electron chi connectivity index (χ4n) is 7.52. The normalized spacial score (nSPS) is 20.9. The van der Waals surface area contributed by atoms with E-state index in [0.29, 0.717) is 24.8 Å². The highest BCUT2D eigenvalue weighted by Crippen LogP contribution is 2.39. The van der Waals surface area contributed by atoms with E-state index in [9.17, 15) is 37.5 Å². The number of benzene rings is 2. The van der Waals surface area contributed by atoms with E-state index in [1.165, 1.54) is 13.8 Å². The summed E-state index contributed by atoms with van der Waals surface area (Å²) in [6, 6.07) is 14.1. The molecule has 2 aromatic carbocycles. The number of piperidine rings is 1. The van der Waals surface area contributed by atoms with Crippen LogP contribution < -0.4 is 16.0 Å². The van der Waals surface area contributed by atoms with Crippen molar-refractivity contribution >= 4 is 39.5 Å². The molecule has 1 saturated heterocycles. The van der Waals surface area contributed by atoms with E-state index in [1.54, 1.807) is 30.3 Å². The minimum Gasteiger partial charge on any atom is -0.481 e. The van der Waals surface area contributed by atoms with Gasteiger partial charge in [0, 0.05) is 30.4 Å². The molecule has 2 fully saturated rings. The molecule has 13 nitrogen and oxygen atoms in total. The third kappa shape index (κ3) is 12.3. The summed E-state index contributed by atoms with van der Waals surface area (Å²) in [5.74, 6) is -2.95. The average Bonchev–Trinajstić information content (AvgIpc) is 3.11. The molecule has 14 heteroatoms. The standard InChI is InChI=1S/C41H58N4O9S/c1-40(2,3)44-38(50)32-24-29-19-13-14-20-30(29)25-45(32)26-33(54-35(48)22-21-34(46)47)31(23-27-15-9-7-10-16-27)42-39(51)36(41(4,5)55(6,52)53)43-37(49)28-17-11-8-12-18-28/h7-12,15-18,29-33,36H,13-14,19-26H2,1-6H3,(H,42,51)(H,43,49)(H,44,50)(H,46,47)/t29-,30+,31-,32-,33+,36+/m0/s1. The number of nitrogens with one attached hydrogen (secondary N) is 3. The monoisotopic (exact) mass is 782 g/mol. The number of hydrogen-bond donors (Lipinski definition) is 4. The van der Waals surface area contributed by atoms with Crippen molar-refractivity contribution in [2.24, 2.45) is 11.8 Å². The van der Waals surface area contributed by atoms with Crippen molar-refractivity contribution in [3.05, 3.63) is 71.8 Å². The Morgan fingerprint density at radius 2 is 1.47 bits per heavy atom. The third-order valence-corrected chi connectivity index (χ3v) is 13.0. The largest absolute Gasteiger partial charge is 0.481 e. The Hall–Kier alpha value is -4.30. The van der Waals surface area contributed by atoms with Crippen LogP contribution in [0.15, 0.2) is 60.7 Å². The zero-order valence-electron chi connectivity index (χ0n) is 32.9. The van der Waals surface area contributed by atoms with Gasteiger partial charge in [-0.1, -0.05) is 67.8 Å². The molecule has 4 N–H and O–H groups in total. The van der Waals surface area contributed by atoms with Crippen molar-refractivity contribution in [3.63, 3.8) is 0 Å². The van der Waals surface area contributed by atoms with E-state index >= 15 is 0 Å². The predicted octanol–water partition coefficient (Wildman–Crippen LogP) is 3.91. The molecule has 302 valence electrons. The lowest BCUT2D eigenvalue weighted by Crippen LogP contribution is -2.64. The fraction of sp³-hybridized carbons (Fsp3) is 0.585. The molecule has 2 aromatic rings. The maximum absolute atomic E-state index is 14.5. The van der Waals surface area contributed by atoms with Crippen LogP contribution >= 0.6 is 0 Å². The van der Waals surface area contributed by atoms with Gasteiger partial charge in [-0.2, -0.15) is 0 Å². The Bertz CT molecular complexity index is 1760. The molecular weight excluding hydrogens is 725 g/mol. The molecule has 2 aliphatic rings. The number of hydrogen-bond acceptors (Lipinski definition) is 9. The number of esters is 1. The zero-order chi connectivity index (χ0) is 40.6. The van der Waals surface area contributed by atoms with E-state index in [4.69, 9.17) is 4.74 Å². The second kappa shape index (κ2) is 18.6. The first-order valence-corrected chi connectivity index (χ1v) is 21.0. The topological polar surface area (TPSA) is 188 Å². The molecule has 4 rings (SSSR count). The van der Waals surface area contributed by atoms with Gasteiger partial charge in [0.15, 0.2) is 9.84 Å². The first-order chi connectivity index (χ1) is 25.7. The van der Waals surface area contributed by atoms with Gasteiger partial charge in [-0.25, -0.2) is 8.42 Å². The smallest absolute Gasteiger partial charge is 0.306 e. The van der Waals surface area contributed by atoms with Gasteiger partial charge in [0.05, 0.1) is 29.7 Å². The van der Waals surface area contributed by atoms with Crippen LogP contribution in [0.25, 0.3) is 0 Å². The van der Waals surface area contributed by atoms with Crippen molar-refractivity contribution in [3.8, 4) is 0 Å². The summed E-state index contributed by atoms with van der Waals surface area (Å²) in [4.78, 5) is 68.7. The molecule has 1 aliphatic heterocycles. The molecular formula is C41H58N4O9S. The second-order valence-electron chi connectivity index (χ2n) is 16.6. The number of carbonyl (C=O) groups is 5. The molecule has 0 aromatic heterocycles. The predicted molar refractivity (Wildman–Crippen MR) is 209 cm³/mol. The molecule has 0 spiro atoms. The third-order valence-electron chi connectivity index (χ3n) is 10.8. The molecule has 0 radical (unpaired) electrons. The van der Waals surface area contributed by atoms with Crippen LogP contribution in [0, 0.1) is 11.8 Å².